The Morgan fingerprint density at radius 1 is 1.05 bits per heavy atom. The predicted octanol–water partition coefficient (Wildman–Crippen LogP) is 2.69. The second-order valence-electron chi connectivity index (χ2n) is 4.96. The van der Waals surface area contributed by atoms with Gasteiger partial charge in [-0.2, -0.15) is 0 Å². The third kappa shape index (κ3) is 5.67. The van der Waals surface area contributed by atoms with E-state index in [0.29, 0.717) is 16.3 Å². The molecular weight excluding hydrogens is 324 g/mol. The lowest BCUT2D eigenvalue weighted by Gasteiger charge is -2.13. The summed E-state index contributed by atoms with van der Waals surface area (Å²) in [6.07, 6.45) is -1.08. The molecule has 2 aromatic rings. The van der Waals surface area contributed by atoms with Gasteiger partial charge in [0.2, 0.25) is 0 Å². The van der Waals surface area contributed by atoms with Gasteiger partial charge in [-0.15, -0.1) is 0 Å². The average molecular weight is 341 g/mol. The van der Waals surface area contributed by atoms with E-state index in [1.54, 1.807) is 48.5 Å². The van der Waals surface area contributed by atoms with Crippen LogP contribution >= 0.6 is 11.6 Å². The summed E-state index contributed by atoms with van der Waals surface area (Å²) in [6.45, 7) is -0.0876. The molecule has 0 saturated heterocycles. The van der Waals surface area contributed by atoms with Crippen molar-refractivity contribution in [1.29, 1.82) is 0 Å². The maximum Gasteiger partial charge on any atom is 0.157 e. The molecule has 6 heteroatoms. The summed E-state index contributed by atoms with van der Waals surface area (Å²) < 4.78 is 29.4. The van der Waals surface area contributed by atoms with Crippen molar-refractivity contribution in [3.05, 3.63) is 65.2 Å². The summed E-state index contributed by atoms with van der Waals surface area (Å²) in [6, 6.07) is 15.5. The second kappa shape index (κ2) is 7.63. The summed E-state index contributed by atoms with van der Waals surface area (Å²) in [5.41, 5.74) is 0.702. The summed E-state index contributed by atoms with van der Waals surface area (Å²) >= 11 is 5.75. The lowest BCUT2D eigenvalue weighted by atomic mass is 10.2. The molecule has 4 nitrogen and oxygen atoms in total. The molecule has 0 bridgehead atoms. The van der Waals surface area contributed by atoms with E-state index in [9.17, 15) is 13.5 Å². The van der Waals surface area contributed by atoms with Crippen molar-refractivity contribution < 1.29 is 18.3 Å². The van der Waals surface area contributed by atoms with Gasteiger partial charge in [0.25, 0.3) is 0 Å². The van der Waals surface area contributed by atoms with Crippen molar-refractivity contribution in [2.45, 2.75) is 11.9 Å². The van der Waals surface area contributed by atoms with E-state index in [1.807, 2.05) is 6.07 Å². The molecule has 0 spiro atoms. The fourth-order valence-corrected chi connectivity index (χ4v) is 3.58. The SMILES string of the molecule is O=S(=O)(Cc1ccccc1)CC(O)COc1ccc(Cl)cc1. The van der Waals surface area contributed by atoms with Crippen LogP contribution in [0.2, 0.25) is 5.02 Å². The van der Waals surface area contributed by atoms with E-state index in [-0.39, 0.29) is 18.1 Å². The Morgan fingerprint density at radius 2 is 1.68 bits per heavy atom. The van der Waals surface area contributed by atoms with Crippen molar-refractivity contribution in [3.63, 3.8) is 0 Å². The summed E-state index contributed by atoms with van der Waals surface area (Å²) in [4.78, 5) is 0. The van der Waals surface area contributed by atoms with Crippen molar-refractivity contribution in [2.24, 2.45) is 0 Å². The number of hydrogen-bond acceptors (Lipinski definition) is 4. The number of hydrogen-bond donors (Lipinski definition) is 1. The Labute approximate surface area is 135 Å². The van der Waals surface area contributed by atoms with Crippen LogP contribution in [0.3, 0.4) is 0 Å². The normalized spacial score (nSPS) is 12.8. The second-order valence-corrected chi connectivity index (χ2v) is 7.50. The van der Waals surface area contributed by atoms with Crippen molar-refractivity contribution in [2.75, 3.05) is 12.4 Å². The van der Waals surface area contributed by atoms with E-state index < -0.39 is 15.9 Å². The number of ether oxygens (including phenoxy) is 1. The molecule has 0 heterocycles. The van der Waals surface area contributed by atoms with Gasteiger partial charge in [0.15, 0.2) is 9.84 Å². The highest BCUT2D eigenvalue weighted by molar-refractivity contribution is 7.90. The summed E-state index contributed by atoms with van der Waals surface area (Å²) in [5, 5.41) is 10.4. The fourth-order valence-electron chi connectivity index (χ4n) is 1.95. The third-order valence-corrected chi connectivity index (χ3v) is 4.85. The van der Waals surface area contributed by atoms with Crippen LogP contribution in [0.1, 0.15) is 5.56 Å². The molecule has 0 aliphatic carbocycles. The predicted molar refractivity (Wildman–Crippen MR) is 86.9 cm³/mol. The first-order valence-corrected chi connectivity index (χ1v) is 8.95. The molecule has 0 radical (unpaired) electrons. The molecule has 0 fully saturated rings. The Morgan fingerprint density at radius 3 is 2.32 bits per heavy atom. The smallest absolute Gasteiger partial charge is 0.157 e. The number of aliphatic hydroxyl groups is 1. The molecule has 2 aromatic carbocycles. The van der Waals surface area contributed by atoms with Gasteiger partial charge in [0.05, 0.1) is 11.5 Å². The van der Waals surface area contributed by atoms with Gasteiger partial charge in [-0.3, -0.25) is 0 Å². The zero-order chi connectivity index (χ0) is 16.0. The maximum absolute atomic E-state index is 12.0. The Kier molecular flexibility index (Phi) is 5.83. The molecule has 1 atom stereocenters. The third-order valence-electron chi connectivity index (χ3n) is 2.93. The molecular formula is C16H17ClO4S. The fraction of sp³-hybridized carbons (Fsp3) is 0.250. The van der Waals surface area contributed by atoms with E-state index in [2.05, 4.69) is 0 Å². The van der Waals surface area contributed by atoms with E-state index >= 15 is 0 Å². The van der Waals surface area contributed by atoms with Crippen LogP contribution in [0.15, 0.2) is 54.6 Å². The van der Waals surface area contributed by atoms with Crippen LogP contribution in [-0.4, -0.2) is 32.0 Å². The van der Waals surface area contributed by atoms with Crippen molar-refractivity contribution in [3.8, 4) is 5.75 Å². The van der Waals surface area contributed by atoms with Crippen LogP contribution in [0.4, 0.5) is 0 Å². The first-order valence-electron chi connectivity index (χ1n) is 6.75. The monoisotopic (exact) mass is 340 g/mol. The number of rotatable bonds is 7. The van der Waals surface area contributed by atoms with Gasteiger partial charge in [0, 0.05) is 5.02 Å². The topological polar surface area (TPSA) is 63.6 Å². The molecule has 0 saturated carbocycles. The summed E-state index contributed by atoms with van der Waals surface area (Å²) in [7, 11) is -3.40. The number of halogens is 1. The van der Waals surface area contributed by atoms with Crippen molar-refractivity contribution in [1.82, 2.24) is 0 Å². The minimum Gasteiger partial charge on any atom is -0.491 e. The standard InChI is InChI=1S/C16H17ClO4S/c17-14-6-8-16(9-7-14)21-10-15(18)12-22(19,20)11-13-4-2-1-3-5-13/h1-9,15,18H,10-12H2. The highest BCUT2D eigenvalue weighted by atomic mass is 35.5. The largest absolute Gasteiger partial charge is 0.491 e. The number of sulfone groups is 1. The summed E-state index contributed by atoms with van der Waals surface area (Å²) in [5.74, 6) is 0.102. The maximum atomic E-state index is 12.0. The van der Waals surface area contributed by atoms with Crippen LogP contribution < -0.4 is 4.74 Å². The van der Waals surface area contributed by atoms with Gasteiger partial charge >= 0.3 is 0 Å². The molecule has 2 rings (SSSR count). The lowest BCUT2D eigenvalue weighted by molar-refractivity contribution is 0.125. The molecule has 1 N–H and O–H groups in total. The van der Waals surface area contributed by atoms with E-state index in [1.165, 1.54) is 0 Å². The van der Waals surface area contributed by atoms with Gasteiger partial charge in [-0.1, -0.05) is 41.9 Å². The highest BCUT2D eigenvalue weighted by Gasteiger charge is 2.18. The molecule has 0 amide bonds. The van der Waals surface area contributed by atoms with Crippen molar-refractivity contribution >= 4 is 21.4 Å². The zero-order valence-electron chi connectivity index (χ0n) is 11.9. The molecule has 1 unspecified atom stereocenters. The van der Waals surface area contributed by atoms with Gasteiger partial charge in [-0.05, 0) is 29.8 Å². The van der Waals surface area contributed by atoms with Gasteiger partial charge in [0.1, 0.15) is 18.5 Å². The average Bonchev–Trinajstić information content (AvgIpc) is 2.46. The Bertz CT molecular complexity index is 684. The minimum absolute atomic E-state index is 0.0876. The van der Waals surface area contributed by atoms with Crippen LogP contribution in [-0.2, 0) is 15.6 Å². The first-order chi connectivity index (χ1) is 10.4. The number of aliphatic hydroxyl groups excluding tert-OH is 1. The molecule has 118 valence electrons. The van der Waals surface area contributed by atoms with Gasteiger partial charge in [-0.25, -0.2) is 8.42 Å². The molecule has 22 heavy (non-hydrogen) atoms. The lowest BCUT2D eigenvalue weighted by Crippen LogP contribution is -2.27. The zero-order valence-corrected chi connectivity index (χ0v) is 13.4. The van der Waals surface area contributed by atoms with E-state index in [4.69, 9.17) is 16.3 Å². The highest BCUT2D eigenvalue weighted by Crippen LogP contribution is 2.16. The molecule has 0 aliphatic rings. The Balaban J connectivity index is 1.85. The van der Waals surface area contributed by atoms with Crippen LogP contribution in [0, 0.1) is 0 Å². The Hall–Kier alpha value is -1.56. The number of benzene rings is 2. The molecule has 0 aromatic heterocycles. The van der Waals surface area contributed by atoms with E-state index in [0.717, 1.165) is 0 Å². The minimum atomic E-state index is -3.40. The first kappa shape index (κ1) is 16.8. The van der Waals surface area contributed by atoms with Crippen LogP contribution in [0.5, 0.6) is 5.75 Å². The molecule has 0 aliphatic heterocycles. The van der Waals surface area contributed by atoms with Crippen LogP contribution in [0.25, 0.3) is 0 Å². The quantitative estimate of drug-likeness (QED) is 0.841. The van der Waals surface area contributed by atoms with Gasteiger partial charge < -0.3 is 9.84 Å².